The van der Waals surface area contributed by atoms with Crippen molar-refractivity contribution < 1.29 is 23.5 Å². The summed E-state index contributed by atoms with van der Waals surface area (Å²) in [5, 5.41) is 10.5. The highest BCUT2D eigenvalue weighted by Crippen LogP contribution is 2.19. The van der Waals surface area contributed by atoms with Crippen molar-refractivity contribution in [2.24, 2.45) is 11.8 Å². The van der Waals surface area contributed by atoms with Crippen LogP contribution in [-0.4, -0.2) is 54.0 Å². The molecule has 0 spiro atoms. The molecule has 0 bridgehead atoms. The summed E-state index contributed by atoms with van der Waals surface area (Å²) in [5.74, 6) is -4.30. The summed E-state index contributed by atoms with van der Waals surface area (Å²) in [4.78, 5) is 24.9. The lowest BCUT2D eigenvalue weighted by molar-refractivity contribution is -0.130. The molecule has 1 fully saturated rings. The fourth-order valence-corrected chi connectivity index (χ4v) is 1.98. The van der Waals surface area contributed by atoms with Crippen LogP contribution in [0.3, 0.4) is 0 Å². The van der Waals surface area contributed by atoms with Crippen LogP contribution in [-0.2, 0) is 9.59 Å². The minimum Gasteiger partial charge on any atom is -0.390 e. The summed E-state index contributed by atoms with van der Waals surface area (Å²) in [6.45, 7) is 2.54. The molecule has 1 aliphatic rings. The van der Waals surface area contributed by atoms with E-state index in [4.69, 9.17) is 5.11 Å². The molecule has 2 amide bonds. The zero-order valence-corrected chi connectivity index (χ0v) is 11.2. The van der Waals surface area contributed by atoms with Gasteiger partial charge in [0.1, 0.15) is 6.61 Å². The zero-order chi connectivity index (χ0) is 14.6. The lowest BCUT2D eigenvalue weighted by atomic mass is 10.1. The molecule has 1 atom stereocenters. The molecule has 0 aromatic rings. The molecule has 0 aromatic heterocycles. The fourth-order valence-electron chi connectivity index (χ4n) is 1.98. The van der Waals surface area contributed by atoms with Gasteiger partial charge in [-0.1, -0.05) is 13.8 Å². The zero-order valence-electron chi connectivity index (χ0n) is 11.2. The number of nitrogens with one attached hydrogen (secondary N) is 1. The first-order valence-corrected chi connectivity index (χ1v) is 6.29. The van der Waals surface area contributed by atoms with Crippen LogP contribution < -0.4 is 5.32 Å². The van der Waals surface area contributed by atoms with Gasteiger partial charge >= 0.3 is 0 Å². The molecule has 1 unspecified atom stereocenters. The van der Waals surface area contributed by atoms with E-state index in [1.807, 2.05) is 13.8 Å². The first-order valence-electron chi connectivity index (χ1n) is 6.29. The Labute approximate surface area is 111 Å². The number of amides is 2. The molecule has 1 heterocycles. The van der Waals surface area contributed by atoms with Gasteiger partial charge in [0.25, 0.3) is 5.92 Å². The van der Waals surface area contributed by atoms with Crippen molar-refractivity contribution in [3.8, 4) is 0 Å². The van der Waals surface area contributed by atoms with Crippen molar-refractivity contribution >= 4 is 11.8 Å². The molecule has 19 heavy (non-hydrogen) atoms. The van der Waals surface area contributed by atoms with Gasteiger partial charge in [-0.2, -0.15) is 0 Å². The minimum atomic E-state index is -3.32. The van der Waals surface area contributed by atoms with E-state index in [0.717, 1.165) is 0 Å². The van der Waals surface area contributed by atoms with Gasteiger partial charge in [-0.05, 0) is 5.92 Å². The molecule has 110 valence electrons. The quantitative estimate of drug-likeness (QED) is 0.731. The number of likely N-dealkylation sites (tertiary alicyclic amines) is 1. The Morgan fingerprint density at radius 2 is 2.21 bits per heavy atom. The van der Waals surface area contributed by atoms with E-state index in [1.54, 1.807) is 4.90 Å². The molecular weight excluding hydrogens is 258 g/mol. The van der Waals surface area contributed by atoms with Gasteiger partial charge < -0.3 is 15.3 Å². The average Bonchev–Trinajstić information content (AvgIpc) is 2.67. The van der Waals surface area contributed by atoms with Crippen molar-refractivity contribution in [2.45, 2.75) is 26.2 Å². The fraction of sp³-hybridized carbons (Fsp3) is 0.833. The van der Waals surface area contributed by atoms with Gasteiger partial charge in [0.15, 0.2) is 0 Å². The van der Waals surface area contributed by atoms with Crippen LogP contribution in [0.2, 0.25) is 0 Å². The van der Waals surface area contributed by atoms with E-state index in [2.05, 4.69) is 5.32 Å². The monoisotopic (exact) mass is 278 g/mol. The Bertz CT molecular complexity index is 348. The van der Waals surface area contributed by atoms with E-state index in [-0.39, 0.29) is 18.9 Å². The molecule has 2 N–H and O–H groups in total. The second-order valence-electron chi connectivity index (χ2n) is 5.33. The van der Waals surface area contributed by atoms with Crippen LogP contribution in [0.5, 0.6) is 0 Å². The van der Waals surface area contributed by atoms with Crippen molar-refractivity contribution in [1.29, 1.82) is 0 Å². The first kappa shape index (κ1) is 15.8. The van der Waals surface area contributed by atoms with E-state index >= 15 is 0 Å². The van der Waals surface area contributed by atoms with Crippen LogP contribution in [0, 0.1) is 11.8 Å². The summed E-state index contributed by atoms with van der Waals surface area (Å²) >= 11 is 0. The highest BCUT2D eigenvalue weighted by Gasteiger charge is 2.36. The third-order valence-electron chi connectivity index (χ3n) is 2.92. The normalized spacial score (nSPS) is 20.2. The lowest BCUT2D eigenvalue weighted by Crippen LogP contribution is -2.42. The molecule has 1 saturated heterocycles. The predicted octanol–water partition coefficient (Wildman–Crippen LogP) is 0.235. The van der Waals surface area contributed by atoms with Gasteiger partial charge in [-0.15, -0.1) is 0 Å². The maximum absolute atomic E-state index is 12.8. The minimum absolute atomic E-state index is 0.0588. The van der Waals surface area contributed by atoms with Gasteiger partial charge in [0.05, 0.1) is 12.5 Å². The number of nitrogens with zero attached hydrogens (tertiary/aromatic N) is 1. The summed E-state index contributed by atoms with van der Waals surface area (Å²) in [6.07, 6.45) is 0.0588. The Hall–Kier alpha value is -1.24. The van der Waals surface area contributed by atoms with Crippen LogP contribution >= 0.6 is 0 Å². The highest BCUT2D eigenvalue weighted by atomic mass is 19.3. The van der Waals surface area contributed by atoms with E-state index < -0.39 is 30.9 Å². The Kier molecular flexibility index (Phi) is 5.22. The van der Waals surface area contributed by atoms with Crippen LogP contribution in [0.15, 0.2) is 0 Å². The van der Waals surface area contributed by atoms with Gasteiger partial charge in [-0.25, -0.2) is 8.78 Å². The van der Waals surface area contributed by atoms with Crippen LogP contribution in [0.4, 0.5) is 8.78 Å². The van der Waals surface area contributed by atoms with Gasteiger partial charge in [0, 0.05) is 19.5 Å². The average molecular weight is 278 g/mol. The molecule has 0 saturated carbocycles. The summed E-state index contributed by atoms with van der Waals surface area (Å²) in [6, 6.07) is 0. The Balaban J connectivity index is 2.45. The number of aliphatic hydroxyl groups is 1. The number of carbonyl (C=O) groups excluding carboxylic acids is 2. The maximum Gasteiger partial charge on any atom is 0.287 e. The van der Waals surface area contributed by atoms with Crippen LogP contribution in [0.25, 0.3) is 0 Å². The summed E-state index contributed by atoms with van der Waals surface area (Å²) < 4.78 is 25.6. The second kappa shape index (κ2) is 6.27. The standard InChI is InChI=1S/C12H20F2N2O3/c1-8(2)4-16-5-9(3-10(16)18)11(19)15-6-12(13,14)7-17/h8-9,17H,3-7H2,1-2H3,(H,15,19). The van der Waals surface area contributed by atoms with Crippen molar-refractivity contribution in [3.63, 3.8) is 0 Å². The third kappa shape index (κ3) is 4.74. The summed E-state index contributed by atoms with van der Waals surface area (Å²) in [7, 11) is 0. The topological polar surface area (TPSA) is 69.6 Å². The Morgan fingerprint density at radius 1 is 1.58 bits per heavy atom. The SMILES string of the molecule is CC(C)CN1CC(C(=O)NCC(F)(F)CO)CC1=O. The highest BCUT2D eigenvalue weighted by molar-refractivity contribution is 5.89. The largest absolute Gasteiger partial charge is 0.390 e. The van der Waals surface area contributed by atoms with Crippen LogP contribution in [0.1, 0.15) is 20.3 Å². The van der Waals surface area contributed by atoms with E-state index in [9.17, 15) is 18.4 Å². The van der Waals surface area contributed by atoms with Crippen molar-refractivity contribution in [2.75, 3.05) is 26.2 Å². The summed E-state index contributed by atoms with van der Waals surface area (Å²) in [5.41, 5.74) is 0. The molecular formula is C12H20F2N2O3. The number of halogens is 2. The van der Waals surface area contributed by atoms with Gasteiger partial charge in [0.2, 0.25) is 11.8 Å². The molecule has 0 aromatic carbocycles. The molecule has 0 radical (unpaired) electrons. The van der Waals surface area contributed by atoms with E-state index in [0.29, 0.717) is 12.5 Å². The number of carbonyl (C=O) groups is 2. The lowest BCUT2D eigenvalue weighted by Gasteiger charge is -2.19. The first-order chi connectivity index (χ1) is 8.75. The number of hydrogen-bond acceptors (Lipinski definition) is 3. The van der Waals surface area contributed by atoms with Crippen molar-refractivity contribution in [1.82, 2.24) is 10.2 Å². The molecule has 1 aliphatic heterocycles. The number of aliphatic hydroxyl groups excluding tert-OH is 1. The number of hydrogen-bond donors (Lipinski definition) is 2. The predicted molar refractivity (Wildman–Crippen MR) is 64.6 cm³/mol. The Morgan fingerprint density at radius 3 is 2.74 bits per heavy atom. The van der Waals surface area contributed by atoms with E-state index in [1.165, 1.54) is 0 Å². The molecule has 7 heteroatoms. The molecule has 1 rings (SSSR count). The second-order valence-corrected chi connectivity index (χ2v) is 5.33. The maximum atomic E-state index is 12.8. The molecule has 0 aliphatic carbocycles. The third-order valence-corrected chi connectivity index (χ3v) is 2.92. The smallest absolute Gasteiger partial charge is 0.287 e. The van der Waals surface area contributed by atoms with Crippen molar-refractivity contribution in [3.05, 3.63) is 0 Å². The number of alkyl halides is 2. The van der Waals surface area contributed by atoms with Gasteiger partial charge in [-0.3, -0.25) is 9.59 Å². The molecule has 5 nitrogen and oxygen atoms in total. The number of rotatable bonds is 6.